The lowest BCUT2D eigenvalue weighted by molar-refractivity contribution is -0.143. The van der Waals surface area contributed by atoms with Crippen LogP contribution in [-0.4, -0.2) is 98.0 Å². The van der Waals surface area contributed by atoms with Gasteiger partial charge in [-0.05, 0) is 48.1 Å². The maximum absolute atomic E-state index is 15.1. The number of aliphatic hydroxyl groups is 1. The average Bonchev–Trinajstić information content (AvgIpc) is 3.55. The number of nitrogens with zero attached hydrogens (tertiary/aromatic N) is 2. The summed E-state index contributed by atoms with van der Waals surface area (Å²) >= 11 is 0. The van der Waals surface area contributed by atoms with Crippen molar-refractivity contribution in [1.29, 1.82) is 0 Å². The molecule has 0 saturated heterocycles. The van der Waals surface area contributed by atoms with Crippen LogP contribution in [0.25, 0.3) is 11.1 Å². The first-order valence-electron chi connectivity index (χ1n) is 18.5. The van der Waals surface area contributed by atoms with Crippen LogP contribution in [0.4, 0.5) is 8.78 Å². The van der Waals surface area contributed by atoms with Gasteiger partial charge in [-0.1, -0.05) is 51.1 Å². The summed E-state index contributed by atoms with van der Waals surface area (Å²) < 4.78 is 31.3. The van der Waals surface area contributed by atoms with E-state index in [-0.39, 0.29) is 50.9 Å². The fourth-order valence-corrected chi connectivity index (χ4v) is 6.35. The molecule has 0 spiro atoms. The normalized spacial score (nSPS) is 12.8. The van der Waals surface area contributed by atoms with Gasteiger partial charge in [-0.25, -0.2) is 13.6 Å². The third-order valence-corrected chi connectivity index (χ3v) is 9.07. The topological polar surface area (TPSA) is 250 Å². The number of halogens is 2. The first-order chi connectivity index (χ1) is 27.3. The lowest BCUT2D eigenvalue weighted by Gasteiger charge is -2.41. The molecule has 0 aliphatic rings. The number of rotatable bonds is 22. The number of nitrogens with two attached hydrogens (primary N) is 1. The quantitative estimate of drug-likeness (QED) is 0.0781. The molecular formula is C40H50F2N6O10. The maximum atomic E-state index is 15.1. The van der Waals surface area contributed by atoms with E-state index < -0.39 is 96.1 Å². The van der Waals surface area contributed by atoms with E-state index in [9.17, 15) is 48.2 Å². The lowest BCUT2D eigenvalue weighted by atomic mass is 9.82. The SMILES string of the molecule is CC(C)(C)[C@H](c1cc(-c2cc(F)ccc2F)cn1Cc1ccccc1)N(CC[C@H](NC(=O)CCC(N)=O)C(=O)NCCC(=O)N[C@H](CCC(=O)O)C(=O)O)C(=O)CO. The van der Waals surface area contributed by atoms with Crippen LogP contribution in [0.2, 0.25) is 0 Å². The molecule has 0 radical (unpaired) electrons. The van der Waals surface area contributed by atoms with Crippen LogP contribution in [0.3, 0.4) is 0 Å². The number of carboxylic acid groups (broad SMARTS) is 2. The molecule has 0 aliphatic carbocycles. The number of aromatic nitrogens is 1. The first-order valence-corrected chi connectivity index (χ1v) is 18.5. The molecule has 18 heteroatoms. The summed E-state index contributed by atoms with van der Waals surface area (Å²) in [7, 11) is 0. The van der Waals surface area contributed by atoms with E-state index in [1.54, 1.807) is 16.8 Å². The second kappa shape index (κ2) is 21.4. The highest BCUT2D eigenvalue weighted by molar-refractivity contribution is 5.90. The van der Waals surface area contributed by atoms with Gasteiger partial charge in [0.2, 0.25) is 29.5 Å². The number of hydrogen-bond acceptors (Lipinski definition) is 8. The van der Waals surface area contributed by atoms with Crippen molar-refractivity contribution in [3.05, 3.63) is 83.7 Å². The number of benzene rings is 2. The molecule has 3 atom stereocenters. The minimum Gasteiger partial charge on any atom is -0.481 e. The van der Waals surface area contributed by atoms with Gasteiger partial charge in [-0.15, -0.1) is 0 Å². The minimum atomic E-state index is -1.49. The van der Waals surface area contributed by atoms with Gasteiger partial charge in [0.05, 0.1) is 6.04 Å². The minimum absolute atomic E-state index is 0.0245. The molecule has 3 rings (SSSR count). The smallest absolute Gasteiger partial charge is 0.326 e. The number of carbonyl (C=O) groups is 7. The fraction of sp³-hybridized carbons (Fsp3) is 0.425. The van der Waals surface area contributed by atoms with Crippen LogP contribution < -0.4 is 21.7 Å². The van der Waals surface area contributed by atoms with Gasteiger partial charge in [0.1, 0.15) is 30.3 Å². The summed E-state index contributed by atoms with van der Waals surface area (Å²) in [5.74, 6) is -7.91. The van der Waals surface area contributed by atoms with Crippen molar-refractivity contribution < 1.29 is 57.7 Å². The van der Waals surface area contributed by atoms with Gasteiger partial charge in [0.15, 0.2) is 0 Å². The van der Waals surface area contributed by atoms with Crippen molar-refractivity contribution in [3.63, 3.8) is 0 Å². The Kier molecular flexibility index (Phi) is 17.0. The van der Waals surface area contributed by atoms with E-state index in [2.05, 4.69) is 16.0 Å². The summed E-state index contributed by atoms with van der Waals surface area (Å²) in [5, 5.41) is 35.6. The summed E-state index contributed by atoms with van der Waals surface area (Å²) in [4.78, 5) is 87.6. The predicted molar refractivity (Wildman–Crippen MR) is 205 cm³/mol. The lowest BCUT2D eigenvalue weighted by Crippen LogP contribution is -2.51. The van der Waals surface area contributed by atoms with Crippen molar-refractivity contribution >= 4 is 41.5 Å². The van der Waals surface area contributed by atoms with Gasteiger partial charge in [0.25, 0.3) is 0 Å². The standard InChI is InChI=1S/C40H50F2N6O10/c1-40(2,3)37(31-19-25(27-20-26(41)9-10-28(27)42)22-47(31)21-24-7-5-4-6-8-24)48(35(53)23-49)18-16-29(45-33(51)13-12-32(43)50)38(56)44-17-15-34(52)46-30(39(57)58)11-14-36(54)55/h4-10,19-20,22,29-30,37,49H,11-18,21,23H2,1-3H3,(H2,43,50)(H,44,56)(H,45,51)(H,46,52)(H,54,55)(H,57,58)/t29-,30+,37-/m0/s1. The Balaban J connectivity index is 1.97. The van der Waals surface area contributed by atoms with Gasteiger partial charge in [0, 0.05) is 68.3 Å². The Bertz CT molecular complexity index is 1950. The number of aliphatic carboxylic acids is 2. The predicted octanol–water partition coefficient (Wildman–Crippen LogP) is 2.47. The molecule has 3 aromatic rings. The third kappa shape index (κ3) is 14.1. The number of carbonyl (C=O) groups excluding carboxylic acids is 5. The third-order valence-electron chi connectivity index (χ3n) is 9.07. The zero-order valence-corrected chi connectivity index (χ0v) is 32.5. The number of nitrogens with one attached hydrogen (secondary N) is 3. The van der Waals surface area contributed by atoms with Crippen molar-refractivity contribution in [2.24, 2.45) is 11.1 Å². The highest BCUT2D eigenvalue weighted by atomic mass is 19.1. The molecular weight excluding hydrogens is 762 g/mol. The second-order valence-electron chi connectivity index (χ2n) is 14.7. The number of primary amides is 1. The summed E-state index contributed by atoms with van der Waals surface area (Å²) in [6, 6.07) is 10.2. The first kappa shape index (κ1) is 46.2. The molecule has 1 aromatic heterocycles. The van der Waals surface area contributed by atoms with Crippen LogP contribution >= 0.6 is 0 Å². The van der Waals surface area contributed by atoms with Gasteiger partial charge in [-0.2, -0.15) is 0 Å². The van der Waals surface area contributed by atoms with Crippen molar-refractivity contribution in [2.75, 3.05) is 19.7 Å². The highest BCUT2D eigenvalue weighted by Gasteiger charge is 2.38. The highest BCUT2D eigenvalue weighted by Crippen LogP contribution is 2.41. The Labute approximate surface area is 333 Å². The molecule has 0 unspecified atom stereocenters. The molecule has 314 valence electrons. The Hall–Kier alpha value is -6.17. The Morgan fingerprint density at radius 3 is 2.10 bits per heavy atom. The van der Waals surface area contributed by atoms with E-state index in [0.717, 1.165) is 23.8 Å². The van der Waals surface area contributed by atoms with E-state index in [0.29, 0.717) is 11.3 Å². The molecule has 1 heterocycles. The molecule has 16 nitrogen and oxygen atoms in total. The molecule has 0 aliphatic heterocycles. The summed E-state index contributed by atoms with van der Waals surface area (Å²) in [6.45, 7) is 4.21. The van der Waals surface area contributed by atoms with Crippen molar-refractivity contribution in [1.82, 2.24) is 25.4 Å². The number of hydrogen-bond donors (Lipinski definition) is 7. The van der Waals surface area contributed by atoms with Crippen molar-refractivity contribution in [2.45, 2.75) is 84.0 Å². The van der Waals surface area contributed by atoms with Crippen LogP contribution in [0.1, 0.15) is 76.6 Å². The Morgan fingerprint density at radius 1 is 0.845 bits per heavy atom. The number of amides is 5. The van der Waals surface area contributed by atoms with Crippen LogP contribution in [0.5, 0.6) is 0 Å². The molecule has 0 saturated carbocycles. The van der Waals surface area contributed by atoms with Gasteiger partial charge >= 0.3 is 11.9 Å². The summed E-state index contributed by atoms with van der Waals surface area (Å²) in [6.07, 6.45) is -0.621. The van der Waals surface area contributed by atoms with Crippen LogP contribution in [-0.2, 0) is 40.1 Å². The van der Waals surface area contributed by atoms with E-state index in [1.807, 2.05) is 51.1 Å². The van der Waals surface area contributed by atoms with E-state index in [4.69, 9.17) is 10.8 Å². The molecule has 8 N–H and O–H groups in total. The molecule has 0 fully saturated rings. The van der Waals surface area contributed by atoms with E-state index in [1.165, 1.54) is 4.90 Å². The largest absolute Gasteiger partial charge is 0.481 e. The number of carboxylic acids is 2. The second-order valence-corrected chi connectivity index (χ2v) is 14.7. The van der Waals surface area contributed by atoms with Gasteiger partial charge in [-0.3, -0.25) is 28.8 Å². The fourth-order valence-electron chi connectivity index (χ4n) is 6.35. The molecule has 2 aromatic carbocycles. The monoisotopic (exact) mass is 812 g/mol. The zero-order valence-electron chi connectivity index (χ0n) is 32.5. The van der Waals surface area contributed by atoms with Crippen LogP contribution in [0, 0.1) is 17.0 Å². The Morgan fingerprint density at radius 2 is 1.50 bits per heavy atom. The van der Waals surface area contributed by atoms with Gasteiger partial charge < -0.3 is 46.5 Å². The van der Waals surface area contributed by atoms with E-state index >= 15 is 4.39 Å². The molecule has 58 heavy (non-hydrogen) atoms. The molecule has 5 amide bonds. The van der Waals surface area contributed by atoms with Crippen molar-refractivity contribution in [3.8, 4) is 11.1 Å². The number of aliphatic hydroxyl groups excluding tert-OH is 1. The molecule has 0 bridgehead atoms. The maximum Gasteiger partial charge on any atom is 0.326 e. The summed E-state index contributed by atoms with van der Waals surface area (Å²) in [5.41, 5.74) is 6.01. The average molecular weight is 813 g/mol. The zero-order chi connectivity index (χ0) is 43.2. The van der Waals surface area contributed by atoms with Crippen LogP contribution in [0.15, 0.2) is 60.8 Å².